The molecule has 0 amide bonds. The molecular weight excluding hydrogens is 90.1 g/mol. The monoisotopic (exact) mass is 97.1 g/mol. The van der Waals surface area contributed by atoms with Crippen LogP contribution < -0.4 is 0 Å². The Hall–Kier alpha value is -0.920. The van der Waals surface area contributed by atoms with Crippen LogP contribution in [0.15, 0.2) is 17.3 Å². The van der Waals surface area contributed by atoms with E-state index in [2.05, 4.69) is 4.99 Å². The summed E-state index contributed by atoms with van der Waals surface area (Å²) in [5, 5.41) is 0. The lowest BCUT2D eigenvalue weighted by molar-refractivity contribution is -0.102. The average molecular weight is 97.1 g/mol. The zero-order valence-electron chi connectivity index (χ0n) is 4.16. The molecule has 0 atom stereocenters. The van der Waals surface area contributed by atoms with Gasteiger partial charge in [0.15, 0.2) is 6.29 Å². The van der Waals surface area contributed by atoms with Crippen LogP contribution in [0.1, 0.15) is 6.92 Å². The van der Waals surface area contributed by atoms with E-state index in [0.717, 1.165) is 0 Å². The Bertz CT molecular complexity index is 94.3. The van der Waals surface area contributed by atoms with E-state index in [9.17, 15) is 4.79 Å². The maximum atomic E-state index is 9.50. The molecule has 0 aromatic rings. The fourth-order valence-electron chi connectivity index (χ4n) is 0.171. The molecule has 0 aliphatic rings. The van der Waals surface area contributed by atoms with Crippen LogP contribution >= 0.6 is 0 Å². The van der Waals surface area contributed by atoms with Gasteiger partial charge in [0.25, 0.3) is 0 Å². The standard InChI is InChI=1S/C5H7NO/c1-2-3-6-4-5-7/h2-5H,1H3/b3-2-,6-4-. The van der Waals surface area contributed by atoms with E-state index in [1.165, 1.54) is 6.21 Å². The van der Waals surface area contributed by atoms with Gasteiger partial charge in [0.2, 0.25) is 0 Å². The number of carbonyl (C=O) groups is 1. The highest BCUT2D eigenvalue weighted by molar-refractivity contribution is 6.13. The number of rotatable bonds is 2. The maximum Gasteiger partial charge on any atom is 0.161 e. The quantitative estimate of drug-likeness (QED) is 0.370. The number of aldehydes is 1. The van der Waals surface area contributed by atoms with Crippen LogP contribution in [0, 0.1) is 0 Å². The van der Waals surface area contributed by atoms with Gasteiger partial charge >= 0.3 is 0 Å². The second kappa shape index (κ2) is 5.08. The number of carbonyl (C=O) groups excluding carboxylic acids is 1. The van der Waals surface area contributed by atoms with Crippen molar-refractivity contribution in [3.8, 4) is 0 Å². The summed E-state index contributed by atoms with van der Waals surface area (Å²) in [6.07, 6.45) is 5.13. The minimum Gasteiger partial charge on any atom is -0.297 e. The van der Waals surface area contributed by atoms with Crippen molar-refractivity contribution < 1.29 is 4.79 Å². The Labute approximate surface area is 42.6 Å². The van der Waals surface area contributed by atoms with E-state index in [1.54, 1.807) is 12.3 Å². The summed E-state index contributed by atoms with van der Waals surface area (Å²) in [4.78, 5) is 13.0. The maximum absolute atomic E-state index is 9.50. The van der Waals surface area contributed by atoms with Crippen molar-refractivity contribution in [3.05, 3.63) is 12.3 Å². The van der Waals surface area contributed by atoms with Crippen LogP contribution in [0.4, 0.5) is 0 Å². The smallest absolute Gasteiger partial charge is 0.161 e. The lowest BCUT2D eigenvalue weighted by Gasteiger charge is -1.64. The number of nitrogens with zero attached hydrogens (tertiary/aromatic N) is 1. The topological polar surface area (TPSA) is 29.4 Å². The third-order valence-corrected chi connectivity index (χ3v) is 0.382. The molecule has 0 fully saturated rings. The van der Waals surface area contributed by atoms with Crippen molar-refractivity contribution >= 4 is 12.5 Å². The van der Waals surface area contributed by atoms with Gasteiger partial charge in [-0.15, -0.1) is 0 Å². The van der Waals surface area contributed by atoms with E-state index < -0.39 is 0 Å². The number of aliphatic imine (C=N–C) groups is 1. The van der Waals surface area contributed by atoms with Gasteiger partial charge in [0, 0.05) is 6.20 Å². The van der Waals surface area contributed by atoms with Crippen LogP contribution in [0.2, 0.25) is 0 Å². The summed E-state index contributed by atoms with van der Waals surface area (Å²) in [5.74, 6) is 0. The zero-order valence-corrected chi connectivity index (χ0v) is 4.16. The van der Waals surface area contributed by atoms with Gasteiger partial charge in [-0.2, -0.15) is 0 Å². The first-order valence-electron chi connectivity index (χ1n) is 2.00. The molecule has 0 aromatic carbocycles. The summed E-state index contributed by atoms with van der Waals surface area (Å²) in [6, 6.07) is 0. The molecule has 0 rings (SSSR count). The van der Waals surface area contributed by atoms with Gasteiger partial charge < -0.3 is 0 Å². The van der Waals surface area contributed by atoms with Crippen molar-refractivity contribution in [1.29, 1.82) is 0 Å². The summed E-state index contributed by atoms with van der Waals surface area (Å²) < 4.78 is 0. The minimum absolute atomic E-state index is 0.639. The molecule has 0 radical (unpaired) electrons. The molecule has 0 spiro atoms. The average Bonchev–Trinajstić information content (AvgIpc) is 1.69. The highest BCUT2D eigenvalue weighted by Gasteiger charge is 1.56. The Morgan fingerprint density at radius 2 is 2.29 bits per heavy atom. The molecule has 2 heteroatoms. The molecular formula is C5H7NO. The molecule has 7 heavy (non-hydrogen) atoms. The second-order valence-corrected chi connectivity index (χ2v) is 0.917. The third kappa shape index (κ3) is 5.08. The van der Waals surface area contributed by atoms with Crippen molar-refractivity contribution in [2.75, 3.05) is 0 Å². The van der Waals surface area contributed by atoms with Crippen LogP contribution in [0.25, 0.3) is 0 Å². The molecule has 0 saturated carbocycles. The molecule has 38 valence electrons. The van der Waals surface area contributed by atoms with Crippen molar-refractivity contribution in [2.45, 2.75) is 6.92 Å². The van der Waals surface area contributed by atoms with E-state index in [0.29, 0.717) is 6.29 Å². The summed E-state index contributed by atoms with van der Waals surface area (Å²) >= 11 is 0. The first-order valence-corrected chi connectivity index (χ1v) is 2.00. The summed E-state index contributed by atoms with van der Waals surface area (Å²) in [6.45, 7) is 1.84. The van der Waals surface area contributed by atoms with Crippen molar-refractivity contribution in [1.82, 2.24) is 0 Å². The normalized spacial score (nSPS) is 11.0. The van der Waals surface area contributed by atoms with Gasteiger partial charge in [-0.05, 0) is 6.92 Å². The zero-order chi connectivity index (χ0) is 5.54. The van der Waals surface area contributed by atoms with Crippen LogP contribution in [-0.2, 0) is 4.79 Å². The Kier molecular flexibility index (Phi) is 4.41. The van der Waals surface area contributed by atoms with Crippen molar-refractivity contribution in [2.24, 2.45) is 4.99 Å². The first kappa shape index (κ1) is 6.08. The molecule has 0 N–H and O–H groups in total. The molecule has 0 saturated heterocycles. The van der Waals surface area contributed by atoms with Gasteiger partial charge in [0.1, 0.15) is 0 Å². The van der Waals surface area contributed by atoms with Crippen LogP contribution in [0.3, 0.4) is 0 Å². The largest absolute Gasteiger partial charge is 0.297 e. The molecule has 0 heterocycles. The lowest BCUT2D eigenvalue weighted by Crippen LogP contribution is -1.66. The summed E-state index contributed by atoms with van der Waals surface area (Å²) in [7, 11) is 0. The molecule has 0 aromatic heterocycles. The first-order chi connectivity index (χ1) is 3.41. The van der Waals surface area contributed by atoms with E-state index >= 15 is 0 Å². The highest BCUT2D eigenvalue weighted by Crippen LogP contribution is 1.66. The predicted octanol–water partition coefficient (Wildman–Crippen LogP) is 0.790. The second-order valence-electron chi connectivity index (χ2n) is 0.917. The molecule has 2 nitrogen and oxygen atoms in total. The van der Waals surface area contributed by atoms with Gasteiger partial charge in [-0.1, -0.05) is 6.08 Å². The van der Waals surface area contributed by atoms with Crippen molar-refractivity contribution in [3.63, 3.8) is 0 Å². The Balaban J connectivity index is 3.27. The molecule has 0 unspecified atom stereocenters. The Morgan fingerprint density at radius 1 is 1.57 bits per heavy atom. The SMILES string of the molecule is C/C=C\N=C/C=O. The van der Waals surface area contributed by atoms with E-state index in [1.807, 2.05) is 6.92 Å². The molecule has 0 aliphatic carbocycles. The highest BCUT2D eigenvalue weighted by atomic mass is 16.1. The minimum atomic E-state index is 0.639. The number of allylic oxidation sites excluding steroid dienone is 1. The predicted molar refractivity (Wildman–Crippen MR) is 29.4 cm³/mol. The van der Waals surface area contributed by atoms with Gasteiger partial charge in [-0.3, -0.25) is 9.79 Å². The molecule has 0 aliphatic heterocycles. The van der Waals surface area contributed by atoms with Crippen LogP contribution in [0.5, 0.6) is 0 Å². The van der Waals surface area contributed by atoms with E-state index in [-0.39, 0.29) is 0 Å². The lowest BCUT2D eigenvalue weighted by atomic mass is 10.7. The van der Waals surface area contributed by atoms with Crippen LogP contribution in [-0.4, -0.2) is 12.5 Å². The van der Waals surface area contributed by atoms with E-state index in [4.69, 9.17) is 0 Å². The van der Waals surface area contributed by atoms with Gasteiger partial charge in [0.05, 0.1) is 6.21 Å². The Morgan fingerprint density at radius 3 is 2.71 bits per heavy atom. The van der Waals surface area contributed by atoms with Gasteiger partial charge in [-0.25, -0.2) is 0 Å². The fraction of sp³-hybridized carbons (Fsp3) is 0.200. The number of hydrogen-bond acceptors (Lipinski definition) is 2. The molecule has 0 bridgehead atoms. The third-order valence-electron chi connectivity index (χ3n) is 0.382. The fourth-order valence-corrected chi connectivity index (χ4v) is 0.171. The number of hydrogen-bond donors (Lipinski definition) is 0. The summed E-state index contributed by atoms with van der Waals surface area (Å²) in [5.41, 5.74) is 0.